The van der Waals surface area contributed by atoms with Gasteiger partial charge in [-0.15, -0.1) is 0 Å². The molecule has 0 aliphatic rings. The van der Waals surface area contributed by atoms with Crippen LogP contribution in [0.5, 0.6) is 0 Å². The molecule has 0 saturated carbocycles. The van der Waals surface area contributed by atoms with Gasteiger partial charge in [0.1, 0.15) is 0 Å². The van der Waals surface area contributed by atoms with Crippen molar-refractivity contribution in [2.24, 2.45) is 0 Å². The molecule has 0 amide bonds. The Morgan fingerprint density at radius 1 is 0.667 bits per heavy atom. The molecule has 5 rings (SSSR count). The summed E-state index contributed by atoms with van der Waals surface area (Å²) in [5, 5.41) is 0. The van der Waals surface area contributed by atoms with Crippen molar-refractivity contribution in [3.63, 3.8) is 0 Å². The second-order valence-corrected chi connectivity index (χ2v) is 5.49. The van der Waals surface area contributed by atoms with Gasteiger partial charge in [-0.25, -0.2) is 19.9 Å². The van der Waals surface area contributed by atoms with Crippen molar-refractivity contribution >= 4 is 11.6 Å². The number of hydrogen-bond donors (Lipinski definition) is 0. The number of aromatic nitrogens is 6. The summed E-state index contributed by atoms with van der Waals surface area (Å²) in [4.78, 5) is 17.7. The van der Waals surface area contributed by atoms with E-state index in [1.54, 1.807) is 12.4 Å². The van der Waals surface area contributed by atoms with E-state index < -0.39 is 0 Å². The predicted octanol–water partition coefficient (Wildman–Crippen LogP) is 3.11. The first-order valence-electron chi connectivity index (χ1n) is 7.57. The fourth-order valence-corrected chi connectivity index (χ4v) is 2.78. The van der Waals surface area contributed by atoms with E-state index in [2.05, 4.69) is 26.0 Å². The molecule has 24 heavy (non-hydrogen) atoms. The fraction of sp³-hybridized carbons (Fsp3) is 0. The lowest BCUT2D eigenvalue weighted by Crippen LogP contribution is -1.83. The number of nitrogens with zero attached hydrogens (tertiary/aromatic N) is 6. The lowest BCUT2D eigenvalue weighted by molar-refractivity contribution is 1.11. The molecule has 4 aromatic heterocycles. The summed E-state index contributed by atoms with van der Waals surface area (Å²) in [6.07, 6.45) is 11.3. The van der Waals surface area contributed by atoms with Crippen LogP contribution in [0.2, 0.25) is 0 Å². The van der Waals surface area contributed by atoms with E-state index >= 15 is 0 Å². The first kappa shape index (κ1) is 13.0. The Balaban J connectivity index is 1.62. The monoisotopic (exact) mass is 312 g/mol. The minimum Gasteiger partial charge on any atom is -0.291 e. The Labute approximate surface area is 137 Å². The van der Waals surface area contributed by atoms with Crippen LogP contribution in [0.1, 0.15) is 0 Å². The predicted molar refractivity (Wildman–Crippen MR) is 90.4 cm³/mol. The zero-order chi connectivity index (χ0) is 15.9. The van der Waals surface area contributed by atoms with Crippen molar-refractivity contribution in [2.75, 3.05) is 0 Å². The molecule has 0 aliphatic heterocycles. The molecule has 0 bridgehead atoms. The Hall–Kier alpha value is -3.54. The van der Waals surface area contributed by atoms with Crippen LogP contribution in [0.3, 0.4) is 0 Å². The van der Waals surface area contributed by atoms with Gasteiger partial charge >= 0.3 is 0 Å². The van der Waals surface area contributed by atoms with Crippen LogP contribution in [0.4, 0.5) is 0 Å². The SMILES string of the molecule is c1cc(-c2cn3cccnc3n2)cc(-c2cn3cccnc3n2)c1. The molecule has 0 radical (unpaired) electrons. The van der Waals surface area contributed by atoms with Gasteiger partial charge in [0.25, 0.3) is 0 Å². The van der Waals surface area contributed by atoms with Gasteiger partial charge in [0.15, 0.2) is 0 Å². The van der Waals surface area contributed by atoms with E-state index in [0.29, 0.717) is 11.6 Å². The van der Waals surface area contributed by atoms with Gasteiger partial charge in [-0.05, 0) is 18.2 Å². The highest BCUT2D eigenvalue weighted by Gasteiger charge is 2.09. The molecular formula is C18H12N6. The van der Waals surface area contributed by atoms with E-state index in [0.717, 1.165) is 22.5 Å². The molecule has 1 aromatic carbocycles. The summed E-state index contributed by atoms with van der Waals surface area (Å²) in [5.41, 5.74) is 3.83. The van der Waals surface area contributed by atoms with Gasteiger partial charge in [-0.1, -0.05) is 18.2 Å². The lowest BCUT2D eigenvalue weighted by Gasteiger charge is -2.00. The molecule has 0 spiro atoms. The van der Waals surface area contributed by atoms with Crippen molar-refractivity contribution in [2.45, 2.75) is 0 Å². The van der Waals surface area contributed by atoms with Crippen LogP contribution >= 0.6 is 0 Å². The largest absolute Gasteiger partial charge is 0.291 e. The molecule has 0 aliphatic carbocycles. The van der Waals surface area contributed by atoms with Crippen LogP contribution in [0.25, 0.3) is 34.1 Å². The molecule has 4 heterocycles. The van der Waals surface area contributed by atoms with E-state index in [-0.39, 0.29) is 0 Å². The summed E-state index contributed by atoms with van der Waals surface area (Å²) in [7, 11) is 0. The summed E-state index contributed by atoms with van der Waals surface area (Å²) in [5.74, 6) is 1.38. The summed E-state index contributed by atoms with van der Waals surface area (Å²) >= 11 is 0. The number of hydrogen-bond acceptors (Lipinski definition) is 4. The van der Waals surface area contributed by atoms with Crippen molar-refractivity contribution in [3.8, 4) is 22.5 Å². The van der Waals surface area contributed by atoms with Crippen molar-refractivity contribution < 1.29 is 0 Å². The Morgan fingerprint density at radius 3 is 1.71 bits per heavy atom. The van der Waals surface area contributed by atoms with Gasteiger partial charge in [0, 0.05) is 48.3 Å². The van der Waals surface area contributed by atoms with Gasteiger partial charge in [-0.3, -0.25) is 8.80 Å². The first-order valence-corrected chi connectivity index (χ1v) is 7.57. The quantitative estimate of drug-likeness (QED) is 0.502. The smallest absolute Gasteiger partial charge is 0.234 e. The van der Waals surface area contributed by atoms with E-state index in [9.17, 15) is 0 Å². The Morgan fingerprint density at radius 2 is 1.21 bits per heavy atom. The standard InChI is InChI=1S/C18H12N6/c1-4-13(15-11-23-8-2-6-19-17(23)21-15)10-14(5-1)16-12-24-9-3-7-20-18(24)22-16/h1-12H. The second-order valence-electron chi connectivity index (χ2n) is 5.49. The van der Waals surface area contributed by atoms with Crippen LogP contribution in [-0.2, 0) is 0 Å². The third-order valence-electron chi connectivity index (χ3n) is 3.93. The van der Waals surface area contributed by atoms with Crippen molar-refractivity contribution in [1.82, 2.24) is 28.7 Å². The Bertz CT molecular complexity index is 1020. The lowest BCUT2D eigenvalue weighted by atomic mass is 10.1. The molecule has 0 unspecified atom stereocenters. The minimum atomic E-state index is 0.690. The van der Waals surface area contributed by atoms with Gasteiger partial charge in [0.05, 0.1) is 11.4 Å². The highest BCUT2D eigenvalue weighted by Crippen LogP contribution is 2.25. The number of fused-ring (bicyclic) bond motifs is 2. The highest BCUT2D eigenvalue weighted by molar-refractivity contribution is 5.70. The maximum absolute atomic E-state index is 4.57. The molecule has 0 fully saturated rings. The zero-order valence-electron chi connectivity index (χ0n) is 12.6. The van der Waals surface area contributed by atoms with Crippen LogP contribution in [0.15, 0.2) is 73.6 Å². The molecular weight excluding hydrogens is 300 g/mol. The summed E-state index contributed by atoms with van der Waals surface area (Å²) in [6, 6.07) is 12.0. The third-order valence-corrected chi connectivity index (χ3v) is 3.93. The number of benzene rings is 1. The molecule has 0 atom stereocenters. The molecule has 5 aromatic rings. The third kappa shape index (κ3) is 2.04. The Kier molecular flexibility index (Phi) is 2.69. The van der Waals surface area contributed by atoms with Crippen molar-refractivity contribution in [3.05, 3.63) is 73.6 Å². The van der Waals surface area contributed by atoms with Crippen LogP contribution in [-0.4, -0.2) is 28.7 Å². The summed E-state index contributed by atoms with van der Waals surface area (Å²) < 4.78 is 3.83. The van der Waals surface area contributed by atoms with E-state index in [4.69, 9.17) is 0 Å². The molecule has 114 valence electrons. The average molecular weight is 312 g/mol. The van der Waals surface area contributed by atoms with Gasteiger partial charge < -0.3 is 0 Å². The average Bonchev–Trinajstić information content (AvgIpc) is 3.26. The topological polar surface area (TPSA) is 60.4 Å². The van der Waals surface area contributed by atoms with Crippen LogP contribution < -0.4 is 0 Å². The second kappa shape index (κ2) is 4.99. The highest BCUT2D eigenvalue weighted by atomic mass is 15.1. The van der Waals surface area contributed by atoms with E-state index in [1.165, 1.54) is 0 Å². The number of rotatable bonds is 2. The molecule has 6 heteroatoms. The molecule has 0 N–H and O–H groups in total. The summed E-state index contributed by atoms with van der Waals surface area (Å²) in [6.45, 7) is 0. The van der Waals surface area contributed by atoms with Gasteiger partial charge in [0.2, 0.25) is 11.6 Å². The molecule has 6 nitrogen and oxygen atoms in total. The number of imidazole rings is 2. The van der Waals surface area contributed by atoms with Crippen molar-refractivity contribution in [1.29, 1.82) is 0 Å². The fourth-order valence-electron chi connectivity index (χ4n) is 2.78. The first-order chi connectivity index (χ1) is 11.9. The maximum Gasteiger partial charge on any atom is 0.234 e. The normalized spacial score (nSPS) is 11.3. The maximum atomic E-state index is 4.57. The zero-order valence-corrected chi connectivity index (χ0v) is 12.6. The van der Waals surface area contributed by atoms with Crippen LogP contribution in [0, 0.1) is 0 Å². The van der Waals surface area contributed by atoms with E-state index in [1.807, 2.05) is 63.9 Å². The minimum absolute atomic E-state index is 0.690. The molecule has 0 saturated heterocycles. The van der Waals surface area contributed by atoms with Gasteiger partial charge in [-0.2, -0.15) is 0 Å².